The van der Waals surface area contributed by atoms with E-state index in [0.717, 1.165) is 16.3 Å². The Morgan fingerprint density at radius 3 is 2.73 bits per heavy atom. The minimum Gasteiger partial charge on any atom is -0.336 e. The summed E-state index contributed by atoms with van der Waals surface area (Å²) in [5.74, 6) is 0.445. The van der Waals surface area contributed by atoms with Gasteiger partial charge in [0.15, 0.2) is 0 Å². The van der Waals surface area contributed by atoms with E-state index in [1.54, 1.807) is 35.4 Å². The third-order valence-electron chi connectivity index (χ3n) is 4.00. The van der Waals surface area contributed by atoms with Crippen LogP contribution >= 0.6 is 58.5 Å². The smallest absolute Gasteiger partial charge is 0.0946 e. The van der Waals surface area contributed by atoms with Crippen molar-refractivity contribution in [2.75, 3.05) is 0 Å². The monoisotopic (exact) mass is 440 g/mol. The van der Waals surface area contributed by atoms with Gasteiger partial charge in [-0.3, -0.25) is 0 Å². The van der Waals surface area contributed by atoms with E-state index in [1.807, 2.05) is 29.2 Å². The maximum atomic E-state index is 6.49. The molecule has 0 amide bonds. The topological polar surface area (TPSA) is 17.8 Å². The lowest BCUT2D eigenvalue weighted by Crippen LogP contribution is -2.08. The molecule has 0 saturated heterocycles. The van der Waals surface area contributed by atoms with Crippen molar-refractivity contribution in [3.8, 4) is 0 Å². The summed E-state index contributed by atoms with van der Waals surface area (Å²) < 4.78 is 2.95. The average Bonchev–Trinajstić information content (AvgIpc) is 3.25. The Morgan fingerprint density at radius 1 is 1.27 bits per heavy atom. The zero-order chi connectivity index (χ0) is 18.7. The lowest BCUT2D eigenvalue weighted by atomic mass is 10.1. The van der Waals surface area contributed by atoms with Gasteiger partial charge in [0.05, 0.1) is 20.7 Å². The van der Waals surface area contributed by atoms with Crippen LogP contribution in [0.5, 0.6) is 0 Å². The first-order valence-corrected chi connectivity index (χ1v) is 11.1. The summed E-state index contributed by atoms with van der Waals surface area (Å²) in [5.41, 5.74) is 2.33. The molecule has 1 unspecified atom stereocenters. The van der Waals surface area contributed by atoms with Crippen LogP contribution in [0, 0.1) is 0 Å². The number of thiocarbonyl (C=S) groups is 1. The van der Waals surface area contributed by atoms with Gasteiger partial charge in [0.25, 0.3) is 0 Å². The van der Waals surface area contributed by atoms with Crippen molar-refractivity contribution >= 4 is 62.7 Å². The molecule has 0 saturated carbocycles. The van der Waals surface area contributed by atoms with Gasteiger partial charge in [0, 0.05) is 29.0 Å². The van der Waals surface area contributed by atoms with E-state index in [-0.39, 0.29) is 5.25 Å². The number of benzene rings is 1. The van der Waals surface area contributed by atoms with Crippen molar-refractivity contribution in [2.45, 2.75) is 31.6 Å². The van der Waals surface area contributed by atoms with Gasteiger partial charge < -0.3 is 4.57 Å². The van der Waals surface area contributed by atoms with E-state index in [1.165, 1.54) is 10.4 Å². The van der Waals surface area contributed by atoms with Crippen LogP contribution in [0.3, 0.4) is 0 Å². The lowest BCUT2D eigenvalue weighted by molar-refractivity contribution is 0.685. The number of nitrogens with zero attached hydrogens (tertiary/aromatic N) is 2. The highest BCUT2D eigenvalue weighted by Gasteiger charge is 2.22. The number of rotatable bonds is 6. The minimum absolute atomic E-state index is 0.0728. The van der Waals surface area contributed by atoms with Gasteiger partial charge in [-0.05, 0) is 40.6 Å². The predicted molar refractivity (Wildman–Crippen MR) is 119 cm³/mol. The van der Waals surface area contributed by atoms with Crippen LogP contribution in [0.15, 0.2) is 48.4 Å². The highest BCUT2D eigenvalue weighted by Crippen LogP contribution is 2.40. The highest BCUT2D eigenvalue weighted by molar-refractivity contribution is 8.24. The van der Waals surface area contributed by atoms with Gasteiger partial charge in [-0.2, -0.15) is 0 Å². The van der Waals surface area contributed by atoms with Crippen molar-refractivity contribution in [2.24, 2.45) is 0 Å². The van der Waals surface area contributed by atoms with Gasteiger partial charge in [0.1, 0.15) is 0 Å². The number of halogens is 2. The maximum Gasteiger partial charge on any atom is 0.0946 e. The molecule has 0 aliphatic rings. The summed E-state index contributed by atoms with van der Waals surface area (Å²) in [6, 6.07) is 7.81. The van der Waals surface area contributed by atoms with E-state index in [2.05, 4.69) is 30.3 Å². The van der Waals surface area contributed by atoms with Crippen LogP contribution in [0.1, 0.15) is 41.0 Å². The van der Waals surface area contributed by atoms with Crippen molar-refractivity contribution in [1.82, 2.24) is 9.55 Å². The number of hydrogen-bond acceptors (Lipinski definition) is 4. The fourth-order valence-electron chi connectivity index (χ4n) is 2.67. The summed E-state index contributed by atoms with van der Waals surface area (Å²) in [6.45, 7) is 5.12. The minimum atomic E-state index is 0.0728. The van der Waals surface area contributed by atoms with E-state index >= 15 is 0 Å². The number of imidazole rings is 1. The first kappa shape index (κ1) is 19.9. The van der Waals surface area contributed by atoms with Gasteiger partial charge >= 0.3 is 0 Å². The van der Waals surface area contributed by atoms with E-state index in [4.69, 9.17) is 35.4 Å². The number of aromatic nitrogens is 2. The molecular weight excluding hydrogens is 423 g/mol. The fourth-order valence-corrected chi connectivity index (χ4v) is 6.12. The van der Waals surface area contributed by atoms with Gasteiger partial charge in [-0.15, -0.1) is 23.1 Å². The van der Waals surface area contributed by atoms with Crippen LogP contribution in [0.25, 0.3) is 0 Å². The molecule has 3 aromatic rings. The Hall–Kier alpha value is -0.850. The summed E-state index contributed by atoms with van der Waals surface area (Å²) in [6.07, 6.45) is 5.54. The molecule has 2 aromatic heterocycles. The Kier molecular flexibility index (Phi) is 6.81. The Balaban J connectivity index is 1.90. The molecule has 136 valence electrons. The van der Waals surface area contributed by atoms with Crippen molar-refractivity contribution in [3.63, 3.8) is 0 Å². The Bertz CT molecular complexity index is 888. The van der Waals surface area contributed by atoms with Crippen molar-refractivity contribution < 1.29 is 0 Å². The third kappa shape index (κ3) is 4.70. The van der Waals surface area contributed by atoms with Crippen LogP contribution in [0.2, 0.25) is 10.0 Å². The quantitative estimate of drug-likeness (QED) is 0.376. The number of thiophene rings is 1. The van der Waals surface area contributed by atoms with Crippen LogP contribution in [-0.2, 0) is 6.54 Å². The highest BCUT2D eigenvalue weighted by atomic mass is 35.5. The second-order valence-corrected chi connectivity index (χ2v) is 9.82. The first-order valence-electron chi connectivity index (χ1n) is 8.14. The van der Waals surface area contributed by atoms with Crippen molar-refractivity contribution in [1.29, 1.82) is 0 Å². The molecule has 0 aliphatic carbocycles. The summed E-state index contributed by atoms with van der Waals surface area (Å²) in [5, 5.41) is 3.47. The lowest BCUT2D eigenvalue weighted by Gasteiger charge is -2.20. The number of hydrogen-bond donors (Lipinski definition) is 0. The molecule has 2 nitrogen and oxygen atoms in total. The summed E-state index contributed by atoms with van der Waals surface area (Å²) in [7, 11) is 0. The molecule has 2 heterocycles. The second-order valence-electron chi connectivity index (χ2n) is 6.18. The molecule has 1 aromatic carbocycles. The average molecular weight is 441 g/mol. The summed E-state index contributed by atoms with van der Waals surface area (Å²) in [4.78, 5) is 5.32. The molecule has 0 spiro atoms. The van der Waals surface area contributed by atoms with Gasteiger partial charge in [-0.25, -0.2) is 4.98 Å². The molecule has 0 radical (unpaired) electrons. The first-order chi connectivity index (χ1) is 12.5. The normalized spacial score (nSPS) is 12.5. The molecule has 3 rings (SSSR count). The molecule has 0 aliphatic heterocycles. The molecular formula is C19H18Cl2N2S3. The van der Waals surface area contributed by atoms with Crippen molar-refractivity contribution in [3.05, 3.63) is 74.4 Å². The Labute approximate surface area is 177 Å². The summed E-state index contributed by atoms with van der Waals surface area (Å²) >= 11 is 21.7. The molecule has 26 heavy (non-hydrogen) atoms. The van der Waals surface area contributed by atoms with Crippen LogP contribution in [-0.4, -0.2) is 13.7 Å². The Morgan fingerprint density at radius 2 is 2.08 bits per heavy atom. The molecule has 0 bridgehead atoms. The molecule has 0 fully saturated rings. The molecule has 7 heteroatoms. The largest absolute Gasteiger partial charge is 0.336 e. The van der Waals surface area contributed by atoms with E-state index in [9.17, 15) is 0 Å². The van der Waals surface area contributed by atoms with Crippen LogP contribution in [0.4, 0.5) is 0 Å². The van der Waals surface area contributed by atoms with E-state index in [0.29, 0.717) is 16.0 Å². The maximum absolute atomic E-state index is 6.49. The molecule has 1 atom stereocenters. The van der Waals surface area contributed by atoms with Gasteiger partial charge in [-0.1, -0.05) is 55.3 Å². The van der Waals surface area contributed by atoms with E-state index < -0.39 is 0 Å². The SMILES string of the molecule is CC(C)c1ccsc1C(=S)SC(Cn1ccnc1)c1ccc(Cl)cc1Cl. The molecule has 0 N–H and O–H groups in total. The zero-order valence-electron chi connectivity index (χ0n) is 14.4. The zero-order valence-corrected chi connectivity index (χ0v) is 18.3. The number of thioether (sulfide) groups is 1. The predicted octanol–water partition coefficient (Wildman–Crippen LogP) is 7.23. The van der Waals surface area contributed by atoms with Crippen LogP contribution < -0.4 is 0 Å². The third-order valence-corrected chi connectivity index (χ3v) is 7.36. The standard InChI is InChI=1S/C19H18Cl2N2S3/c1-12(2)14-5-8-25-18(14)19(24)26-17(10-23-7-6-22-11-23)15-4-3-13(20)9-16(15)21/h3-9,11-12,17H,10H2,1-2H3. The fraction of sp³-hybridized carbons (Fsp3) is 0.263. The second kappa shape index (κ2) is 8.89. The van der Waals surface area contributed by atoms with Gasteiger partial charge in [0.2, 0.25) is 0 Å².